The molecule has 166 valence electrons. The summed E-state index contributed by atoms with van der Waals surface area (Å²) in [5, 5.41) is 7.85. The van der Waals surface area contributed by atoms with Gasteiger partial charge in [0.25, 0.3) is 5.91 Å². The van der Waals surface area contributed by atoms with Crippen molar-refractivity contribution in [2.24, 2.45) is 7.05 Å². The van der Waals surface area contributed by atoms with Crippen LogP contribution in [0.15, 0.2) is 40.8 Å². The smallest absolute Gasteiger partial charge is 0.255 e. The largest absolute Gasteiger partial charge is 0.490 e. The first-order chi connectivity index (χ1) is 15.2. The number of carbonyl (C=O) groups excluding carboxylic acids is 1. The highest BCUT2D eigenvalue weighted by atomic mass is 19.1. The number of carbonyl (C=O) groups is 1. The van der Waals surface area contributed by atoms with Gasteiger partial charge < -0.3 is 14.5 Å². The molecule has 0 unspecified atom stereocenters. The van der Waals surface area contributed by atoms with Gasteiger partial charge in [0.2, 0.25) is 0 Å². The van der Waals surface area contributed by atoms with E-state index in [9.17, 15) is 9.18 Å². The van der Waals surface area contributed by atoms with Crippen LogP contribution < -0.4 is 10.1 Å². The van der Waals surface area contributed by atoms with Gasteiger partial charge in [-0.05, 0) is 64.1 Å². The summed E-state index contributed by atoms with van der Waals surface area (Å²) >= 11 is 0. The SMILES string of the molecule is CNC(=O)c1c(-c2ccc(F)cc2)oc2cc(-c3c(C)nn(C)c3C)c(OC(C)C)cc12. The van der Waals surface area contributed by atoms with E-state index >= 15 is 0 Å². The van der Waals surface area contributed by atoms with Crippen LogP contribution >= 0.6 is 0 Å². The normalized spacial score (nSPS) is 11.4. The van der Waals surface area contributed by atoms with E-state index in [1.54, 1.807) is 19.2 Å². The number of ether oxygens (including phenoxy) is 1. The van der Waals surface area contributed by atoms with Crippen molar-refractivity contribution in [1.29, 1.82) is 0 Å². The molecule has 0 aliphatic carbocycles. The topological polar surface area (TPSA) is 69.3 Å². The molecule has 4 rings (SSSR count). The zero-order valence-corrected chi connectivity index (χ0v) is 19.0. The molecule has 6 nitrogen and oxygen atoms in total. The quantitative estimate of drug-likeness (QED) is 0.456. The Hall–Kier alpha value is -3.61. The van der Waals surface area contributed by atoms with Crippen LogP contribution in [-0.2, 0) is 7.05 Å². The molecule has 2 aromatic heterocycles. The predicted molar refractivity (Wildman–Crippen MR) is 122 cm³/mol. The van der Waals surface area contributed by atoms with Crippen LogP contribution in [-0.4, -0.2) is 28.8 Å². The maximum atomic E-state index is 13.5. The number of furan rings is 1. The molecule has 0 aliphatic rings. The number of benzene rings is 2. The molecule has 4 aromatic rings. The lowest BCUT2D eigenvalue weighted by atomic mass is 9.99. The van der Waals surface area contributed by atoms with Crippen molar-refractivity contribution >= 4 is 16.9 Å². The fourth-order valence-corrected chi connectivity index (χ4v) is 3.99. The van der Waals surface area contributed by atoms with E-state index in [1.165, 1.54) is 12.1 Å². The van der Waals surface area contributed by atoms with E-state index < -0.39 is 0 Å². The van der Waals surface area contributed by atoms with Crippen molar-refractivity contribution in [1.82, 2.24) is 15.1 Å². The zero-order valence-electron chi connectivity index (χ0n) is 19.0. The van der Waals surface area contributed by atoms with Crippen LogP contribution in [0.25, 0.3) is 33.4 Å². The highest BCUT2D eigenvalue weighted by molar-refractivity contribution is 6.12. The number of hydrogen-bond acceptors (Lipinski definition) is 4. The minimum Gasteiger partial charge on any atom is -0.490 e. The highest BCUT2D eigenvalue weighted by Gasteiger charge is 2.25. The van der Waals surface area contributed by atoms with Crippen molar-refractivity contribution in [3.8, 4) is 28.2 Å². The Balaban J connectivity index is 2.05. The molecule has 2 aromatic carbocycles. The molecule has 0 saturated carbocycles. The Bertz CT molecular complexity index is 1320. The zero-order chi connectivity index (χ0) is 23.2. The molecule has 0 saturated heterocycles. The Kier molecular flexibility index (Phi) is 5.50. The second kappa shape index (κ2) is 8.15. The lowest BCUT2D eigenvalue weighted by Gasteiger charge is -2.15. The Morgan fingerprint density at radius 1 is 1.19 bits per heavy atom. The van der Waals surface area contributed by atoms with Gasteiger partial charge in [-0.1, -0.05) is 0 Å². The van der Waals surface area contributed by atoms with Crippen LogP contribution in [0.1, 0.15) is 35.6 Å². The van der Waals surface area contributed by atoms with E-state index in [0.717, 1.165) is 22.5 Å². The van der Waals surface area contributed by atoms with Gasteiger partial charge in [-0.25, -0.2) is 4.39 Å². The molecule has 1 N–H and O–H groups in total. The summed E-state index contributed by atoms with van der Waals surface area (Å²) in [6.45, 7) is 7.86. The summed E-state index contributed by atoms with van der Waals surface area (Å²) in [5.74, 6) is 0.374. The molecule has 0 spiro atoms. The summed E-state index contributed by atoms with van der Waals surface area (Å²) in [7, 11) is 3.47. The third-order valence-electron chi connectivity index (χ3n) is 5.49. The van der Waals surface area contributed by atoms with Gasteiger partial charge in [0, 0.05) is 41.9 Å². The van der Waals surface area contributed by atoms with Crippen LogP contribution in [0.2, 0.25) is 0 Å². The summed E-state index contributed by atoms with van der Waals surface area (Å²) in [6.07, 6.45) is -0.0737. The van der Waals surface area contributed by atoms with E-state index in [2.05, 4.69) is 10.4 Å². The predicted octanol–water partition coefficient (Wildman–Crippen LogP) is 5.40. The minimum atomic E-state index is -0.358. The van der Waals surface area contributed by atoms with Crippen LogP contribution in [0.3, 0.4) is 0 Å². The second-order valence-electron chi connectivity index (χ2n) is 8.07. The molecule has 0 radical (unpaired) electrons. The summed E-state index contributed by atoms with van der Waals surface area (Å²) in [5.41, 5.74) is 5.21. The van der Waals surface area contributed by atoms with Crippen molar-refractivity contribution < 1.29 is 18.3 Å². The van der Waals surface area contributed by atoms with Gasteiger partial charge in [0.05, 0.1) is 17.4 Å². The van der Waals surface area contributed by atoms with Gasteiger partial charge in [0.1, 0.15) is 22.9 Å². The molecule has 0 bridgehead atoms. The molecule has 0 fully saturated rings. The molecule has 7 heteroatoms. The number of nitrogens with zero attached hydrogens (tertiary/aromatic N) is 2. The molecular weight excluding hydrogens is 409 g/mol. The maximum absolute atomic E-state index is 13.5. The maximum Gasteiger partial charge on any atom is 0.255 e. The van der Waals surface area contributed by atoms with Gasteiger partial charge in [-0.3, -0.25) is 9.48 Å². The summed E-state index contributed by atoms with van der Waals surface area (Å²) in [4.78, 5) is 12.9. The molecule has 0 atom stereocenters. The third-order valence-corrected chi connectivity index (χ3v) is 5.49. The Morgan fingerprint density at radius 3 is 2.44 bits per heavy atom. The van der Waals surface area contributed by atoms with E-state index in [1.807, 2.05) is 51.6 Å². The van der Waals surface area contributed by atoms with E-state index in [4.69, 9.17) is 9.15 Å². The van der Waals surface area contributed by atoms with Crippen molar-refractivity contribution in [2.45, 2.75) is 33.8 Å². The number of halogens is 1. The third kappa shape index (κ3) is 3.64. The van der Waals surface area contributed by atoms with Gasteiger partial charge in [-0.2, -0.15) is 5.10 Å². The average molecular weight is 435 g/mol. The Labute approximate surface area is 186 Å². The highest BCUT2D eigenvalue weighted by Crippen LogP contribution is 2.42. The Morgan fingerprint density at radius 2 is 1.88 bits per heavy atom. The standard InChI is InChI=1S/C25H26FN3O3/c1-13(2)31-20-12-19-21(11-18(20)22-14(3)28-29(6)15(22)4)32-24(23(19)25(30)27-5)16-7-9-17(26)10-8-16/h7-13H,1-6H3,(H,27,30). The molecular formula is C25H26FN3O3. The fourth-order valence-electron chi connectivity index (χ4n) is 3.99. The number of aryl methyl sites for hydroxylation is 2. The van der Waals surface area contributed by atoms with Crippen molar-refractivity contribution in [3.05, 3.63) is 59.2 Å². The van der Waals surface area contributed by atoms with Crippen molar-refractivity contribution in [3.63, 3.8) is 0 Å². The fraction of sp³-hybridized carbons (Fsp3) is 0.280. The van der Waals surface area contributed by atoms with Crippen LogP contribution in [0.5, 0.6) is 5.75 Å². The number of rotatable bonds is 5. The molecule has 2 heterocycles. The number of amides is 1. The number of aromatic nitrogens is 2. The van der Waals surface area contributed by atoms with Gasteiger partial charge >= 0.3 is 0 Å². The monoisotopic (exact) mass is 435 g/mol. The average Bonchev–Trinajstić information content (AvgIpc) is 3.23. The van der Waals surface area contributed by atoms with Crippen molar-refractivity contribution in [2.75, 3.05) is 7.05 Å². The lowest BCUT2D eigenvalue weighted by molar-refractivity contribution is 0.0964. The number of nitrogens with one attached hydrogen (secondary N) is 1. The number of fused-ring (bicyclic) bond motifs is 1. The molecule has 0 aliphatic heterocycles. The number of hydrogen-bond donors (Lipinski definition) is 1. The van der Waals surface area contributed by atoms with Crippen LogP contribution in [0.4, 0.5) is 4.39 Å². The van der Waals surface area contributed by atoms with Gasteiger partial charge in [0.15, 0.2) is 0 Å². The summed E-state index contributed by atoms with van der Waals surface area (Å²) < 4.78 is 27.7. The second-order valence-corrected chi connectivity index (χ2v) is 8.07. The molecule has 32 heavy (non-hydrogen) atoms. The first-order valence-corrected chi connectivity index (χ1v) is 10.5. The minimum absolute atomic E-state index is 0.0737. The van der Waals surface area contributed by atoms with Crippen LogP contribution in [0, 0.1) is 19.7 Å². The van der Waals surface area contributed by atoms with E-state index in [0.29, 0.717) is 33.6 Å². The van der Waals surface area contributed by atoms with E-state index in [-0.39, 0.29) is 17.8 Å². The van der Waals surface area contributed by atoms with Gasteiger partial charge in [-0.15, -0.1) is 0 Å². The first-order valence-electron chi connectivity index (χ1n) is 10.5. The lowest BCUT2D eigenvalue weighted by Crippen LogP contribution is -2.18. The summed E-state index contributed by atoms with van der Waals surface area (Å²) in [6, 6.07) is 9.62. The first kappa shape index (κ1) is 21.6. The molecule has 1 amide bonds.